The molecule has 0 spiro atoms. The minimum Gasteiger partial charge on any atom is -0.406 e. The largest absolute Gasteiger partial charge is 0.573 e. The van der Waals surface area contributed by atoms with E-state index in [9.17, 15) is 18.0 Å². The van der Waals surface area contributed by atoms with E-state index in [0.717, 1.165) is 51.3 Å². The number of hydrogen-bond donors (Lipinski definition) is 2. The highest BCUT2D eigenvalue weighted by atomic mass is 19.4. The molecule has 2 aliphatic rings. The summed E-state index contributed by atoms with van der Waals surface area (Å²) in [7, 11) is 0. The van der Waals surface area contributed by atoms with Crippen LogP contribution in [0.5, 0.6) is 0 Å². The van der Waals surface area contributed by atoms with Crippen LogP contribution in [0, 0.1) is 5.92 Å². The van der Waals surface area contributed by atoms with Gasteiger partial charge in [0.15, 0.2) is 5.78 Å². The highest BCUT2D eigenvalue weighted by Crippen LogP contribution is 2.27. The minimum atomic E-state index is -4.73. The lowest BCUT2D eigenvalue weighted by Gasteiger charge is -2.34. The predicted molar refractivity (Wildman–Crippen MR) is 128 cm³/mol. The first-order valence-corrected chi connectivity index (χ1v) is 12.6. The lowest BCUT2D eigenvalue weighted by Crippen LogP contribution is -2.46. The maximum absolute atomic E-state index is 12.4. The fraction of sp³-hybridized carbons (Fsp3) is 0.593. The van der Waals surface area contributed by atoms with E-state index in [1.165, 1.54) is 43.4 Å². The van der Waals surface area contributed by atoms with Crippen molar-refractivity contribution in [1.29, 1.82) is 0 Å². The van der Waals surface area contributed by atoms with Crippen LogP contribution in [0.1, 0.15) is 75.8 Å². The molecule has 1 aromatic rings. The number of nitrogens with one attached hydrogen (secondary N) is 2. The number of unbranched alkanes of at least 4 members (excludes halogenated alkanes) is 6. The second-order valence-corrected chi connectivity index (χ2v) is 9.27. The Kier molecular flexibility index (Phi) is 10.7. The molecule has 1 aromatic carbocycles. The smallest absolute Gasteiger partial charge is 0.406 e. The third-order valence-corrected chi connectivity index (χ3v) is 6.59. The van der Waals surface area contributed by atoms with Gasteiger partial charge >= 0.3 is 6.36 Å². The number of ether oxygens (including phenoxy) is 1. The van der Waals surface area contributed by atoms with E-state index in [4.69, 9.17) is 0 Å². The molecule has 0 bridgehead atoms. The highest BCUT2D eigenvalue weighted by Gasteiger charge is 2.33. The molecule has 7 heteroatoms. The Hall–Kier alpha value is -2.12. The molecule has 4 nitrogen and oxygen atoms in total. The van der Waals surface area contributed by atoms with Crippen molar-refractivity contribution in [2.45, 2.75) is 82.7 Å². The lowest BCUT2D eigenvalue weighted by atomic mass is 9.92. The first kappa shape index (κ1) is 26.5. The summed E-state index contributed by atoms with van der Waals surface area (Å²) in [6, 6.07) is 11.5. The number of hydrogen-bond acceptors (Lipinski definition) is 4. The number of rotatable bonds is 13. The van der Waals surface area contributed by atoms with Gasteiger partial charge < -0.3 is 15.4 Å². The summed E-state index contributed by atoms with van der Waals surface area (Å²) in [6.45, 7) is 2.10. The maximum atomic E-state index is 12.4. The molecule has 3 atom stereocenters. The maximum Gasteiger partial charge on any atom is 0.573 e. The number of allylic oxidation sites excluding steroid dienone is 3. The fourth-order valence-corrected chi connectivity index (χ4v) is 4.83. The van der Waals surface area contributed by atoms with Crippen molar-refractivity contribution in [3.63, 3.8) is 0 Å². The molecule has 34 heavy (non-hydrogen) atoms. The van der Waals surface area contributed by atoms with Gasteiger partial charge in [-0.3, -0.25) is 4.79 Å². The van der Waals surface area contributed by atoms with Gasteiger partial charge in [-0.05, 0) is 62.6 Å². The summed E-state index contributed by atoms with van der Waals surface area (Å²) in [4.78, 5) is 11.9. The number of benzene rings is 1. The van der Waals surface area contributed by atoms with Crippen LogP contribution in [0.4, 0.5) is 13.2 Å². The molecular weight excluding hydrogens is 441 g/mol. The first-order valence-electron chi connectivity index (χ1n) is 12.6. The van der Waals surface area contributed by atoms with E-state index in [1.807, 2.05) is 0 Å². The number of halogens is 3. The van der Waals surface area contributed by atoms with E-state index in [2.05, 4.69) is 45.7 Å². The molecule has 0 aromatic heterocycles. The van der Waals surface area contributed by atoms with Crippen molar-refractivity contribution in [2.24, 2.45) is 5.92 Å². The van der Waals surface area contributed by atoms with Crippen molar-refractivity contribution in [3.8, 4) is 0 Å². The molecular formula is C27H37F3N2O2. The van der Waals surface area contributed by atoms with E-state index >= 15 is 0 Å². The summed E-state index contributed by atoms with van der Waals surface area (Å²) < 4.78 is 41.0. The molecule has 0 amide bonds. The molecule has 1 heterocycles. The monoisotopic (exact) mass is 478 g/mol. The van der Waals surface area contributed by atoms with Crippen molar-refractivity contribution in [3.05, 3.63) is 59.9 Å². The van der Waals surface area contributed by atoms with Gasteiger partial charge in [-0.2, -0.15) is 0 Å². The molecule has 1 aliphatic heterocycles. The third kappa shape index (κ3) is 9.26. The molecule has 1 saturated heterocycles. The van der Waals surface area contributed by atoms with Crippen LogP contribution in [0.25, 0.3) is 0 Å². The van der Waals surface area contributed by atoms with Gasteiger partial charge in [0.2, 0.25) is 0 Å². The average Bonchev–Trinajstić information content (AvgIpc) is 2.82. The zero-order chi connectivity index (χ0) is 24.2. The molecule has 0 saturated carbocycles. The Morgan fingerprint density at radius 1 is 0.971 bits per heavy atom. The minimum absolute atomic E-state index is 0.148. The Labute approximate surface area is 201 Å². The van der Waals surface area contributed by atoms with Crippen molar-refractivity contribution < 1.29 is 22.7 Å². The number of carbonyl (C=O) groups excluding carboxylic acids is 1. The number of alkyl halides is 3. The van der Waals surface area contributed by atoms with Crippen LogP contribution >= 0.6 is 0 Å². The fourth-order valence-electron chi connectivity index (χ4n) is 4.83. The van der Waals surface area contributed by atoms with Gasteiger partial charge in [-0.1, -0.05) is 68.9 Å². The van der Waals surface area contributed by atoms with Crippen LogP contribution in [0.2, 0.25) is 0 Å². The van der Waals surface area contributed by atoms with Gasteiger partial charge in [0, 0.05) is 18.0 Å². The summed E-state index contributed by atoms with van der Waals surface area (Å²) in [5.41, 5.74) is 1.35. The molecule has 1 fully saturated rings. The Morgan fingerprint density at radius 2 is 1.68 bits per heavy atom. The van der Waals surface area contributed by atoms with Crippen LogP contribution < -0.4 is 10.6 Å². The number of ketones is 1. The quantitative estimate of drug-likeness (QED) is 0.324. The van der Waals surface area contributed by atoms with Gasteiger partial charge in [-0.25, -0.2) is 0 Å². The van der Waals surface area contributed by atoms with Crippen molar-refractivity contribution >= 4 is 5.78 Å². The van der Waals surface area contributed by atoms with Gasteiger partial charge in [0.1, 0.15) is 5.76 Å². The van der Waals surface area contributed by atoms with Crippen LogP contribution in [0.3, 0.4) is 0 Å². The Morgan fingerprint density at radius 3 is 2.41 bits per heavy atom. The lowest BCUT2D eigenvalue weighted by molar-refractivity contribution is -0.303. The number of carbonyl (C=O) groups is 1. The summed E-state index contributed by atoms with van der Waals surface area (Å²) >= 11 is 0. The Balaban J connectivity index is 1.22. The summed E-state index contributed by atoms with van der Waals surface area (Å²) in [6.07, 6.45) is 9.40. The molecule has 2 N–H and O–H groups in total. The molecule has 0 radical (unpaired) electrons. The zero-order valence-electron chi connectivity index (χ0n) is 19.8. The van der Waals surface area contributed by atoms with Crippen molar-refractivity contribution in [2.75, 3.05) is 13.1 Å². The first-order chi connectivity index (χ1) is 16.4. The highest BCUT2D eigenvalue weighted by molar-refractivity contribution is 5.94. The van der Waals surface area contributed by atoms with Crippen LogP contribution in [-0.2, 0) is 9.53 Å². The Bertz CT molecular complexity index is 808. The van der Waals surface area contributed by atoms with Gasteiger partial charge in [0.25, 0.3) is 0 Å². The normalized spacial score (nSPS) is 23.1. The third-order valence-electron chi connectivity index (χ3n) is 6.59. The summed E-state index contributed by atoms with van der Waals surface area (Å²) in [5, 5.41) is 7.41. The standard InChI is InChI=1S/C27H37F3N2O2/c28-27(29,30)34-23-16-17-25(33)22(20-23)14-7-4-2-1-3-5-10-18-31-24-15-11-19-32-26(24)21-12-8-6-9-13-21/h6,8-9,12-13,16-17,20,22,24,26,31-32H,1-5,7,10-11,14-15,18-19H2. The molecule has 3 rings (SSSR count). The average molecular weight is 479 g/mol. The van der Waals surface area contributed by atoms with E-state index in [-0.39, 0.29) is 11.5 Å². The predicted octanol–water partition coefficient (Wildman–Crippen LogP) is 6.37. The van der Waals surface area contributed by atoms with E-state index in [0.29, 0.717) is 18.5 Å². The molecule has 188 valence electrons. The number of piperidine rings is 1. The van der Waals surface area contributed by atoms with E-state index in [1.54, 1.807) is 0 Å². The van der Waals surface area contributed by atoms with Gasteiger partial charge in [0.05, 0.1) is 0 Å². The van der Waals surface area contributed by atoms with Crippen molar-refractivity contribution in [1.82, 2.24) is 10.6 Å². The van der Waals surface area contributed by atoms with E-state index < -0.39 is 12.3 Å². The second kappa shape index (κ2) is 13.7. The SMILES string of the molecule is O=C1C=CC(OC(F)(F)F)=CC1CCCCCCCCCNC1CCCNC1c1ccccc1. The topological polar surface area (TPSA) is 50.4 Å². The van der Waals surface area contributed by atoms with Crippen LogP contribution in [-0.4, -0.2) is 31.3 Å². The van der Waals surface area contributed by atoms with Gasteiger partial charge in [-0.15, -0.1) is 13.2 Å². The molecule has 1 aliphatic carbocycles. The molecule has 3 unspecified atom stereocenters. The summed E-state index contributed by atoms with van der Waals surface area (Å²) in [5.74, 6) is -0.947. The zero-order valence-corrected chi connectivity index (χ0v) is 19.8. The second-order valence-electron chi connectivity index (χ2n) is 9.27. The van der Waals surface area contributed by atoms with Crippen LogP contribution in [0.15, 0.2) is 54.3 Å².